The van der Waals surface area contributed by atoms with Crippen LogP contribution in [0.15, 0.2) is 42.5 Å². The molecule has 4 nitrogen and oxygen atoms in total. The summed E-state index contributed by atoms with van der Waals surface area (Å²) in [7, 11) is 5.98. The number of hydrogen-bond donors (Lipinski definition) is 2. The summed E-state index contributed by atoms with van der Waals surface area (Å²) in [6.45, 7) is 7.54. The molecule has 0 spiro atoms. The molecule has 1 aliphatic rings. The van der Waals surface area contributed by atoms with Gasteiger partial charge in [0.25, 0.3) is 0 Å². The largest absolute Gasteiger partial charge is 0.493 e. The van der Waals surface area contributed by atoms with Crippen LogP contribution in [0.3, 0.4) is 0 Å². The van der Waals surface area contributed by atoms with Crippen molar-refractivity contribution in [1.29, 1.82) is 0 Å². The van der Waals surface area contributed by atoms with Gasteiger partial charge >= 0.3 is 0 Å². The zero-order chi connectivity index (χ0) is 19.4. The molecule has 0 aliphatic carbocycles. The molecule has 0 fully saturated rings. The van der Waals surface area contributed by atoms with E-state index in [0.29, 0.717) is 18.7 Å². The Kier molecular flexibility index (Phi) is 6.37. The Bertz CT molecular complexity index is 703. The minimum Gasteiger partial charge on any atom is -0.493 e. The Labute approximate surface area is 157 Å². The fourth-order valence-corrected chi connectivity index (χ4v) is 2.16. The zero-order valence-electron chi connectivity index (χ0n) is 16.0. The number of rotatable bonds is 4. The summed E-state index contributed by atoms with van der Waals surface area (Å²) in [4.78, 5) is 0. The first-order valence-corrected chi connectivity index (χ1v) is 8.75. The highest BCUT2D eigenvalue weighted by atomic mass is 16.5. The molecule has 0 aromatic heterocycles. The van der Waals surface area contributed by atoms with Crippen LogP contribution in [0.4, 0.5) is 0 Å². The van der Waals surface area contributed by atoms with Gasteiger partial charge in [-0.2, -0.15) is 0 Å². The molecule has 0 bridgehead atoms. The predicted octanol–water partition coefficient (Wildman–Crippen LogP) is 2.52. The summed E-state index contributed by atoms with van der Waals surface area (Å²) >= 11 is 0. The summed E-state index contributed by atoms with van der Waals surface area (Å²) in [6.07, 6.45) is 0.866. The van der Waals surface area contributed by atoms with Crippen molar-refractivity contribution in [2.75, 3.05) is 6.61 Å². The monoisotopic (exact) mass is 354 g/mol. The SMILES string of the molecule is CC(C)(O)C(C)(C)O.[B]c1ccc2c(c1OCc1ccccc1)CCO2. The van der Waals surface area contributed by atoms with Gasteiger partial charge in [-0.05, 0) is 39.3 Å². The first-order chi connectivity index (χ1) is 12.1. The Hall–Kier alpha value is -1.98. The number of benzene rings is 2. The average molecular weight is 354 g/mol. The maximum atomic E-state index is 9.10. The molecular formula is C21H27BO4. The molecule has 0 atom stereocenters. The van der Waals surface area contributed by atoms with E-state index in [1.54, 1.807) is 27.7 Å². The second-order valence-corrected chi connectivity index (χ2v) is 7.45. The third-order valence-electron chi connectivity index (χ3n) is 4.58. The minimum atomic E-state index is -1.01. The van der Waals surface area contributed by atoms with Gasteiger partial charge in [-0.25, -0.2) is 0 Å². The highest BCUT2D eigenvalue weighted by Gasteiger charge is 2.31. The average Bonchev–Trinajstić information content (AvgIpc) is 3.02. The second-order valence-electron chi connectivity index (χ2n) is 7.45. The molecule has 0 saturated heterocycles. The van der Waals surface area contributed by atoms with Crippen LogP contribution >= 0.6 is 0 Å². The molecule has 2 radical (unpaired) electrons. The van der Waals surface area contributed by atoms with Crippen LogP contribution in [0.5, 0.6) is 11.5 Å². The van der Waals surface area contributed by atoms with Crippen molar-refractivity contribution < 1.29 is 19.7 Å². The maximum absolute atomic E-state index is 9.10. The van der Waals surface area contributed by atoms with Gasteiger partial charge in [-0.1, -0.05) is 41.9 Å². The van der Waals surface area contributed by atoms with Crippen molar-refractivity contribution in [2.45, 2.75) is 51.9 Å². The van der Waals surface area contributed by atoms with E-state index < -0.39 is 11.2 Å². The van der Waals surface area contributed by atoms with Crippen LogP contribution in [-0.2, 0) is 13.0 Å². The number of aliphatic hydroxyl groups is 2. The van der Waals surface area contributed by atoms with Crippen molar-refractivity contribution in [3.8, 4) is 11.5 Å². The number of fused-ring (bicyclic) bond motifs is 1. The van der Waals surface area contributed by atoms with Crippen LogP contribution in [0, 0.1) is 0 Å². The normalized spacial score (nSPS) is 13.3. The van der Waals surface area contributed by atoms with Gasteiger partial charge in [0.15, 0.2) is 0 Å². The molecule has 1 aliphatic heterocycles. The molecule has 0 amide bonds. The number of ether oxygens (including phenoxy) is 2. The lowest BCUT2D eigenvalue weighted by atomic mass is 9.90. The Morgan fingerprint density at radius 2 is 1.62 bits per heavy atom. The molecule has 2 N–H and O–H groups in total. The summed E-state index contributed by atoms with van der Waals surface area (Å²) in [6, 6.07) is 13.8. The predicted molar refractivity (Wildman–Crippen MR) is 104 cm³/mol. The molecule has 2 aromatic carbocycles. The molecule has 0 saturated carbocycles. The molecule has 2 aromatic rings. The highest BCUT2D eigenvalue weighted by Crippen LogP contribution is 2.32. The fourth-order valence-electron chi connectivity index (χ4n) is 2.16. The van der Waals surface area contributed by atoms with E-state index in [1.807, 2.05) is 42.5 Å². The first-order valence-electron chi connectivity index (χ1n) is 8.75. The molecule has 138 valence electrons. The van der Waals surface area contributed by atoms with E-state index in [9.17, 15) is 0 Å². The first kappa shape index (κ1) is 20.3. The maximum Gasteiger partial charge on any atom is 0.126 e. The number of hydrogen-bond acceptors (Lipinski definition) is 4. The van der Waals surface area contributed by atoms with Gasteiger partial charge < -0.3 is 19.7 Å². The zero-order valence-corrected chi connectivity index (χ0v) is 16.0. The van der Waals surface area contributed by atoms with E-state index in [4.69, 9.17) is 27.5 Å². The summed E-state index contributed by atoms with van der Waals surface area (Å²) in [5.74, 6) is 1.67. The van der Waals surface area contributed by atoms with E-state index in [1.165, 1.54) is 0 Å². The van der Waals surface area contributed by atoms with E-state index in [0.717, 1.165) is 29.0 Å². The lowest BCUT2D eigenvalue weighted by Crippen LogP contribution is -2.44. The van der Waals surface area contributed by atoms with Crippen molar-refractivity contribution in [3.05, 3.63) is 53.6 Å². The molecule has 5 heteroatoms. The highest BCUT2D eigenvalue weighted by molar-refractivity contribution is 6.34. The van der Waals surface area contributed by atoms with Crippen LogP contribution in [-0.4, -0.2) is 35.9 Å². The molecule has 3 rings (SSSR count). The van der Waals surface area contributed by atoms with Gasteiger partial charge in [0, 0.05) is 12.0 Å². The Balaban J connectivity index is 0.000000260. The van der Waals surface area contributed by atoms with Crippen LogP contribution < -0.4 is 14.9 Å². The van der Waals surface area contributed by atoms with Crippen molar-refractivity contribution in [3.63, 3.8) is 0 Å². The minimum absolute atomic E-state index is 0.529. The molecule has 26 heavy (non-hydrogen) atoms. The third kappa shape index (κ3) is 5.26. The van der Waals surface area contributed by atoms with Gasteiger partial charge in [0.2, 0.25) is 0 Å². The lowest BCUT2D eigenvalue weighted by Gasteiger charge is -2.31. The van der Waals surface area contributed by atoms with Crippen LogP contribution in [0.2, 0.25) is 0 Å². The second kappa shape index (κ2) is 8.15. The Morgan fingerprint density at radius 3 is 2.19 bits per heavy atom. The van der Waals surface area contributed by atoms with Crippen molar-refractivity contribution in [1.82, 2.24) is 0 Å². The molecular weight excluding hydrogens is 327 g/mol. The molecule has 1 heterocycles. The van der Waals surface area contributed by atoms with Gasteiger partial charge in [-0.15, -0.1) is 0 Å². The Morgan fingerprint density at radius 1 is 1.00 bits per heavy atom. The quantitative estimate of drug-likeness (QED) is 0.829. The fraction of sp³-hybridized carbons (Fsp3) is 0.429. The van der Waals surface area contributed by atoms with Gasteiger partial charge in [0.05, 0.1) is 17.8 Å². The van der Waals surface area contributed by atoms with Gasteiger partial charge in [0.1, 0.15) is 26.0 Å². The topological polar surface area (TPSA) is 58.9 Å². The van der Waals surface area contributed by atoms with Gasteiger partial charge in [-0.3, -0.25) is 0 Å². The van der Waals surface area contributed by atoms with E-state index in [-0.39, 0.29) is 0 Å². The summed E-state index contributed by atoms with van der Waals surface area (Å²) in [5, 5.41) is 18.2. The van der Waals surface area contributed by atoms with Crippen LogP contribution in [0.1, 0.15) is 38.8 Å². The summed E-state index contributed by atoms with van der Waals surface area (Å²) in [5.41, 5.74) is 0.884. The smallest absolute Gasteiger partial charge is 0.126 e. The van der Waals surface area contributed by atoms with Crippen molar-refractivity contribution >= 4 is 13.3 Å². The van der Waals surface area contributed by atoms with E-state index >= 15 is 0 Å². The lowest BCUT2D eigenvalue weighted by molar-refractivity contribution is -0.107. The standard InChI is InChI=1S/C15H13BO2.C6H14O2/c16-13-6-7-14-12(8-9-17-14)15(13)18-10-11-4-2-1-3-5-11;1-5(2,7)6(3,4)8/h1-7H,8-10H2;7-8H,1-4H3. The molecule has 0 unspecified atom stereocenters. The van der Waals surface area contributed by atoms with E-state index in [2.05, 4.69) is 0 Å². The summed E-state index contributed by atoms with van der Waals surface area (Å²) < 4.78 is 11.4. The third-order valence-corrected chi connectivity index (χ3v) is 4.58. The van der Waals surface area contributed by atoms with Crippen molar-refractivity contribution in [2.24, 2.45) is 0 Å². The van der Waals surface area contributed by atoms with Crippen LogP contribution in [0.25, 0.3) is 0 Å².